The molecule has 1 aromatic heterocycles. The fourth-order valence-corrected chi connectivity index (χ4v) is 4.28. The number of hydrogen-bond donors (Lipinski definition) is 2. The molecular formula is C22H22F3N3S2. The number of anilines is 1. The predicted molar refractivity (Wildman–Crippen MR) is 122 cm³/mol. The molecule has 3 aromatic rings. The molecule has 0 aliphatic rings. The van der Waals surface area contributed by atoms with Gasteiger partial charge >= 0.3 is 6.18 Å². The second kappa shape index (κ2) is 10.1. The molecule has 2 aromatic carbocycles. The molecule has 0 unspecified atom stereocenters. The summed E-state index contributed by atoms with van der Waals surface area (Å²) in [6.07, 6.45) is 1.08. The Morgan fingerprint density at radius 3 is 2.77 bits per heavy atom. The van der Waals surface area contributed by atoms with Crippen LogP contribution >= 0.6 is 24.0 Å². The second-order valence-electron chi connectivity index (χ2n) is 6.73. The van der Waals surface area contributed by atoms with Gasteiger partial charge in [0.1, 0.15) is 0 Å². The lowest BCUT2D eigenvalue weighted by molar-refractivity contribution is -0.137. The van der Waals surface area contributed by atoms with Crippen molar-refractivity contribution in [3.05, 3.63) is 66.0 Å². The van der Waals surface area contributed by atoms with E-state index in [1.54, 1.807) is 12.4 Å². The maximum absolute atomic E-state index is 13.1. The fourth-order valence-electron chi connectivity index (χ4n) is 2.91. The Morgan fingerprint density at radius 2 is 2.00 bits per heavy atom. The van der Waals surface area contributed by atoms with E-state index in [9.17, 15) is 13.2 Å². The molecule has 158 valence electrons. The number of nitrogens with zero attached hydrogens (tertiary/aromatic N) is 1. The van der Waals surface area contributed by atoms with Gasteiger partial charge in [-0.2, -0.15) is 13.2 Å². The van der Waals surface area contributed by atoms with Gasteiger partial charge in [0.15, 0.2) is 5.11 Å². The summed E-state index contributed by atoms with van der Waals surface area (Å²) < 4.78 is 39.3. The van der Waals surface area contributed by atoms with Crippen LogP contribution in [0, 0.1) is 0 Å². The lowest BCUT2D eigenvalue weighted by Crippen LogP contribution is -2.28. The zero-order valence-electron chi connectivity index (χ0n) is 16.4. The third-order valence-electron chi connectivity index (χ3n) is 4.52. The number of alkyl halides is 3. The van der Waals surface area contributed by atoms with Gasteiger partial charge in [-0.3, -0.25) is 4.98 Å². The highest BCUT2D eigenvalue weighted by atomic mass is 32.2. The molecule has 1 heterocycles. The van der Waals surface area contributed by atoms with E-state index < -0.39 is 11.7 Å². The van der Waals surface area contributed by atoms with Gasteiger partial charge in [-0.15, -0.1) is 11.8 Å². The molecule has 3 nitrogen and oxygen atoms in total. The number of thiocarbonyl (C=S) groups is 1. The summed E-state index contributed by atoms with van der Waals surface area (Å²) in [6.45, 7) is 2.40. The zero-order valence-corrected chi connectivity index (χ0v) is 18.1. The number of aromatic nitrogens is 1. The Kier molecular flexibility index (Phi) is 7.55. The third-order valence-corrected chi connectivity index (χ3v) is 5.95. The molecule has 0 aliphatic carbocycles. The summed E-state index contributed by atoms with van der Waals surface area (Å²) in [4.78, 5) is 4.74. The van der Waals surface area contributed by atoms with Gasteiger partial charge in [0.2, 0.25) is 0 Å². The van der Waals surface area contributed by atoms with Crippen LogP contribution in [0.5, 0.6) is 0 Å². The number of fused-ring (bicyclic) bond motifs is 1. The molecule has 0 fully saturated rings. The van der Waals surface area contributed by atoms with Crippen LogP contribution < -0.4 is 10.6 Å². The van der Waals surface area contributed by atoms with E-state index in [2.05, 4.69) is 22.5 Å². The molecule has 0 atom stereocenters. The molecule has 0 aliphatic heterocycles. The predicted octanol–water partition coefficient (Wildman–Crippen LogP) is 6.63. The highest BCUT2D eigenvalue weighted by molar-refractivity contribution is 7.99. The van der Waals surface area contributed by atoms with Crippen LogP contribution in [0.4, 0.5) is 18.9 Å². The standard InChI is InChI=1S/C22H22F3N3S2/c1-2-3-11-30-20-12-17(22(23,24)25)8-7-16(20)14-27-21(29)28-19-6-4-5-15-13-26-10-9-18(15)19/h4-10,12-13H,2-3,11,14H2,1H3,(H2,27,28,29). The minimum atomic E-state index is -4.36. The van der Waals surface area contributed by atoms with Crippen molar-refractivity contribution in [1.82, 2.24) is 10.3 Å². The first kappa shape index (κ1) is 22.4. The minimum absolute atomic E-state index is 0.338. The number of thioether (sulfide) groups is 1. The van der Waals surface area contributed by atoms with E-state index in [0.717, 1.165) is 46.7 Å². The maximum Gasteiger partial charge on any atom is 0.416 e. The lowest BCUT2D eigenvalue weighted by Gasteiger charge is -2.16. The first-order chi connectivity index (χ1) is 14.4. The molecule has 2 N–H and O–H groups in total. The minimum Gasteiger partial charge on any atom is -0.358 e. The van der Waals surface area contributed by atoms with Crippen LogP contribution in [-0.4, -0.2) is 15.8 Å². The molecule has 0 spiro atoms. The number of benzene rings is 2. The molecule has 0 radical (unpaired) electrons. The van der Waals surface area contributed by atoms with Crippen molar-refractivity contribution in [2.75, 3.05) is 11.1 Å². The molecule has 8 heteroatoms. The van der Waals surface area contributed by atoms with Crippen molar-refractivity contribution < 1.29 is 13.2 Å². The fraction of sp³-hybridized carbons (Fsp3) is 0.273. The average molecular weight is 450 g/mol. The van der Waals surface area contributed by atoms with Gasteiger partial charge in [-0.1, -0.05) is 31.5 Å². The van der Waals surface area contributed by atoms with Crippen LogP contribution in [-0.2, 0) is 12.7 Å². The topological polar surface area (TPSA) is 37.0 Å². The summed E-state index contributed by atoms with van der Waals surface area (Å²) in [5.74, 6) is 0.775. The first-order valence-corrected chi connectivity index (χ1v) is 11.0. The van der Waals surface area contributed by atoms with E-state index in [0.29, 0.717) is 16.6 Å². The number of halogens is 3. The molecular weight excluding hydrogens is 427 g/mol. The Labute approximate surface area is 183 Å². The highest BCUT2D eigenvalue weighted by Crippen LogP contribution is 2.34. The Balaban J connectivity index is 1.71. The van der Waals surface area contributed by atoms with Crippen molar-refractivity contribution in [3.63, 3.8) is 0 Å². The molecule has 0 amide bonds. The normalized spacial score (nSPS) is 11.5. The Hall–Kier alpha value is -2.32. The van der Waals surface area contributed by atoms with Crippen LogP contribution in [0.25, 0.3) is 10.8 Å². The summed E-state index contributed by atoms with van der Waals surface area (Å²) in [5.41, 5.74) is 1.00. The number of rotatable bonds is 7. The average Bonchev–Trinajstić information content (AvgIpc) is 2.72. The summed E-state index contributed by atoms with van der Waals surface area (Å²) in [5, 5.41) is 8.66. The summed E-state index contributed by atoms with van der Waals surface area (Å²) in [7, 11) is 0. The van der Waals surface area contributed by atoms with Gasteiger partial charge in [0, 0.05) is 40.3 Å². The Morgan fingerprint density at radius 1 is 1.17 bits per heavy atom. The smallest absolute Gasteiger partial charge is 0.358 e. The highest BCUT2D eigenvalue weighted by Gasteiger charge is 2.31. The van der Waals surface area contributed by atoms with Crippen molar-refractivity contribution in [2.24, 2.45) is 0 Å². The van der Waals surface area contributed by atoms with Gasteiger partial charge in [0.05, 0.1) is 5.56 Å². The number of pyridine rings is 1. The molecule has 0 bridgehead atoms. The van der Waals surface area contributed by atoms with Crippen LogP contribution in [0.1, 0.15) is 30.9 Å². The summed E-state index contributed by atoms with van der Waals surface area (Å²) >= 11 is 6.86. The second-order valence-corrected chi connectivity index (χ2v) is 8.28. The van der Waals surface area contributed by atoms with Crippen LogP contribution in [0.2, 0.25) is 0 Å². The van der Waals surface area contributed by atoms with Crippen LogP contribution in [0.3, 0.4) is 0 Å². The van der Waals surface area contributed by atoms with E-state index in [1.165, 1.54) is 23.9 Å². The van der Waals surface area contributed by atoms with Crippen LogP contribution in [0.15, 0.2) is 59.8 Å². The van der Waals surface area contributed by atoms with E-state index in [-0.39, 0.29) is 0 Å². The Bertz CT molecular complexity index is 1020. The molecule has 3 rings (SSSR count). The van der Waals surface area contributed by atoms with Crippen molar-refractivity contribution >= 4 is 45.6 Å². The van der Waals surface area contributed by atoms with Crippen molar-refractivity contribution in [2.45, 2.75) is 37.4 Å². The van der Waals surface area contributed by atoms with Crippen molar-refractivity contribution in [1.29, 1.82) is 0 Å². The SMILES string of the molecule is CCCCSc1cc(C(F)(F)F)ccc1CNC(=S)Nc1cccc2cnccc12. The number of unbranched alkanes of at least 4 members (excludes halogenated alkanes) is 1. The molecule has 30 heavy (non-hydrogen) atoms. The van der Waals surface area contributed by atoms with E-state index >= 15 is 0 Å². The van der Waals surface area contributed by atoms with Gasteiger partial charge in [0.25, 0.3) is 0 Å². The third kappa shape index (κ3) is 5.86. The largest absolute Gasteiger partial charge is 0.416 e. The lowest BCUT2D eigenvalue weighted by atomic mass is 10.1. The van der Waals surface area contributed by atoms with Gasteiger partial charge in [-0.25, -0.2) is 0 Å². The number of hydrogen-bond acceptors (Lipinski definition) is 3. The zero-order chi connectivity index (χ0) is 21.6. The quantitative estimate of drug-likeness (QED) is 0.240. The monoisotopic (exact) mass is 449 g/mol. The molecule has 0 saturated heterocycles. The van der Waals surface area contributed by atoms with Gasteiger partial charge in [-0.05, 0) is 54.2 Å². The summed E-state index contributed by atoms with van der Waals surface area (Å²) in [6, 6.07) is 11.6. The van der Waals surface area contributed by atoms with E-state index in [4.69, 9.17) is 12.2 Å². The maximum atomic E-state index is 13.1. The van der Waals surface area contributed by atoms with Crippen molar-refractivity contribution in [3.8, 4) is 0 Å². The molecule has 0 saturated carbocycles. The number of nitrogens with one attached hydrogen (secondary N) is 2. The van der Waals surface area contributed by atoms with E-state index in [1.807, 2.05) is 24.3 Å². The first-order valence-electron chi connectivity index (χ1n) is 9.59. The van der Waals surface area contributed by atoms with Gasteiger partial charge < -0.3 is 10.6 Å².